The Morgan fingerprint density at radius 3 is 2.82 bits per heavy atom. The summed E-state index contributed by atoms with van der Waals surface area (Å²) >= 11 is 0. The summed E-state index contributed by atoms with van der Waals surface area (Å²) in [5.74, 6) is 0.349. The molecule has 2 heterocycles. The van der Waals surface area contributed by atoms with E-state index in [0.29, 0.717) is 12.5 Å². The van der Waals surface area contributed by atoms with Crippen LogP contribution >= 0.6 is 0 Å². The molecule has 17 heavy (non-hydrogen) atoms. The Morgan fingerprint density at radius 2 is 2.18 bits per heavy atom. The number of nitrogens with one attached hydrogen (secondary N) is 2. The van der Waals surface area contributed by atoms with Crippen LogP contribution in [0.15, 0.2) is 23.6 Å². The Morgan fingerprint density at radius 1 is 1.41 bits per heavy atom. The standard InChI is InChI=1S/C10H16N4O2S/c15-17(16,10-12-5-2-6-13-10)14-8-9-3-1-4-11-7-9/h2,5-6,9,11,14H,1,3-4,7-8H2/t9-/m1/s1. The number of hydrogen-bond acceptors (Lipinski definition) is 5. The highest BCUT2D eigenvalue weighted by Crippen LogP contribution is 2.09. The molecule has 0 bridgehead atoms. The number of rotatable bonds is 4. The average Bonchev–Trinajstić information content (AvgIpc) is 2.39. The summed E-state index contributed by atoms with van der Waals surface area (Å²) in [6.07, 6.45) is 4.98. The number of nitrogens with zero attached hydrogens (tertiary/aromatic N) is 2. The molecule has 1 aliphatic heterocycles. The summed E-state index contributed by atoms with van der Waals surface area (Å²) in [4.78, 5) is 7.47. The van der Waals surface area contributed by atoms with Crippen molar-refractivity contribution in [2.75, 3.05) is 19.6 Å². The second kappa shape index (κ2) is 5.52. The van der Waals surface area contributed by atoms with Crippen LogP contribution in [0.1, 0.15) is 12.8 Å². The van der Waals surface area contributed by atoms with Gasteiger partial charge in [-0.1, -0.05) is 0 Å². The Kier molecular flexibility index (Phi) is 4.03. The molecule has 0 amide bonds. The van der Waals surface area contributed by atoms with Crippen LogP contribution in [0.2, 0.25) is 0 Å². The predicted octanol–water partition coefficient (Wildman–Crippen LogP) is -0.246. The van der Waals surface area contributed by atoms with Crippen molar-refractivity contribution in [1.29, 1.82) is 0 Å². The molecule has 0 radical (unpaired) electrons. The summed E-state index contributed by atoms with van der Waals surface area (Å²) in [5, 5.41) is 3.08. The highest BCUT2D eigenvalue weighted by atomic mass is 32.2. The van der Waals surface area contributed by atoms with E-state index in [-0.39, 0.29) is 5.16 Å². The topological polar surface area (TPSA) is 84.0 Å². The van der Waals surface area contributed by atoms with Crippen molar-refractivity contribution in [3.05, 3.63) is 18.5 Å². The van der Waals surface area contributed by atoms with E-state index in [4.69, 9.17) is 0 Å². The van der Waals surface area contributed by atoms with E-state index in [2.05, 4.69) is 20.0 Å². The first-order chi connectivity index (χ1) is 8.18. The van der Waals surface area contributed by atoms with E-state index in [1.165, 1.54) is 12.4 Å². The molecule has 1 fully saturated rings. The van der Waals surface area contributed by atoms with Crippen molar-refractivity contribution < 1.29 is 8.42 Å². The highest BCUT2D eigenvalue weighted by Gasteiger charge is 2.20. The zero-order chi connectivity index (χ0) is 12.1. The van der Waals surface area contributed by atoms with Crippen LogP contribution in [-0.2, 0) is 10.0 Å². The molecule has 0 unspecified atom stereocenters. The van der Waals surface area contributed by atoms with Crippen LogP contribution in [0.25, 0.3) is 0 Å². The molecule has 94 valence electrons. The van der Waals surface area contributed by atoms with E-state index in [0.717, 1.165) is 25.9 Å². The smallest absolute Gasteiger partial charge is 0.276 e. The van der Waals surface area contributed by atoms with Gasteiger partial charge in [0.2, 0.25) is 0 Å². The lowest BCUT2D eigenvalue weighted by molar-refractivity contribution is 0.375. The predicted molar refractivity (Wildman–Crippen MR) is 62.8 cm³/mol. The number of sulfonamides is 1. The summed E-state index contributed by atoms with van der Waals surface area (Å²) in [6.45, 7) is 2.32. The molecule has 0 aliphatic carbocycles. The molecule has 6 nitrogen and oxygen atoms in total. The Hall–Kier alpha value is -1.05. The molecule has 1 atom stereocenters. The third-order valence-corrected chi connectivity index (χ3v) is 3.98. The number of aromatic nitrogens is 2. The Labute approximate surface area is 101 Å². The van der Waals surface area contributed by atoms with Crippen LogP contribution in [-0.4, -0.2) is 38.0 Å². The van der Waals surface area contributed by atoms with Crippen LogP contribution in [0.5, 0.6) is 0 Å². The lowest BCUT2D eigenvalue weighted by Gasteiger charge is -2.22. The van der Waals surface area contributed by atoms with Gasteiger partial charge < -0.3 is 5.32 Å². The van der Waals surface area contributed by atoms with Gasteiger partial charge in [0.1, 0.15) is 0 Å². The van der Waals surface area contributed by atoms with Gasteiger partial charge in [-0.25, -0.2) is 23.1 Å². The third kappa shape index (κ3) is 3.45. The van der Waals surface area contributed by atoms with Gasteiger partial charge in [-0.05, 0) is 37.9 Å². The lowest BCUT2D eigenvalue weighted by atomic mass is 10.0. The lowest BCUT2D eigenvalue weighted by Crippen LogP contribution is -2.38. The second-order valence-electron chi connectivity index (χ2n) is 4.10. The van der Waals surface area contributed by atoms with E-state index >= 15 is 0 Å². The van der Waals surface area contributed by atoms with Crippen molar-refractivity contribution >= 4 is 10.0 Å². The van der Waals surface area contributed by atoms with Gasteiger partial charge in [0.05, 0.1) is 0 Å². The van der Waals surface area contributed by atoms with Crippen LogP contribution in [0.4, 0.5) is 0 Å². The first-order valence-corrected chi connectivity index (χ1v) is 7.14. The molecular weight excluding hydrogens is 240 g/mol. The van der Waals surface area contributed by atoms with Crippen molar-refractivity contribution in [1.82, 2.24) is 20.0 Å². The van der Waals surface area contributed by atoms with Crippen molar-refractivity contribution in [2.24, 2.45) is 5.92 Å². The molecule has 1 saturated heterocycles. The minimum atomic E-state index is -3.56. The normalized spacial score (nSPS) is 21.3. The van der Waals surface area contributed by atoms with Gasteiger partial charge in [-0.2, -0.15) is 0 Å². The van der Waals surface area contributed by atoms with Crippen molar-refractivity contribution in [3.63, 3.8) is 0 Å². The molecule has 1 aliphatic rings. The zero-order valence-electron chi connectivity index (χ0n) is 9.46. The Balaban J connectivity index is 1.94. The SMILES string of the molecule is O=S(=O)(NC[C@@H]1CCCNC1)c1ncccn1. The first kappa shape index (κ1) is 12.4. The minimum absolute atomic E-state index is 0.163. The average molecular weight is 256 g/mol. The van der Waals surface area contributed by atoms with Crippen LogP contribution in [0.3, 0.4) is 0 Å². The molecule has 0 saturated carbocycles. The highest BCUT2D eigenvalue weighted by molar-refractivity contribution is 7.89. The van der Waals surface area contributed by atoms with Gasteiger partial charge in [-0.15, -0.1) is 0 Å². The summed E-state index contributed by atoms with van der Waals surface area (Å²) in [7, 11) is -3.56. The summed E-state index contributed by atoms with van der Waals surface area (Å²) in [5.41, 5.74) is 0. The molecule has 2 N–H and O–H groups in total. The second-order valence-corrected chi connectivity index (χ2v) is 5.76. The quantitative estimate of drug-likeness (QED) is 0.726. The summed E-state index contributed by atoms with van der Waals surface area (Å²) < 4.78 is 26.2. The molecular formula is C10H16N4O2S. The maximum atomic E-state index is 11.8. The zero-order valence-corrected chi connectivity index (χ0v) is 10.3. The maximum absolute atomic E-state index is 11.8. The van der Waals surface area contributed by atoms with Crippen molar-refractivity contribution in [3.8, 4) is 0 Å². The van der Waals surface area contributed by atoms with E-state index in [9.17, 15) is 8.42 Å². The molecule has 1 aromatic rings. The number of piperidine rings is 1. The molecule has 2 rings (SSSR count). The minimum Gasteiger partial charge on any atom is -0.316 e. The van der Waals surface area contributed by atoms with Crippen LogP contribution in [0, 0.1) is 5.92 Å². The van der Waals surface area contributed by atoms with Gasteiger partial charge in [-0.3, -0.25) is 0 Å². The van der Waals surface area contributed by atoms with Gasteiger partial charge >= 0.3 is 0 Å². The molecule has 0 aromatic carbocycles. The molecule has 7 heteroatoms. The summed E-state index contributed by atoms with van der Waals surface area (Å²) in [6, 6.07) is 1.59. The fraction of sp³-hybridized carbons (Fsp3) is 0.600. The number of hydrogen-bond donors (Lipinski definition) is 2. The maximum Gasteiger partial charge on any atom is 0.276 e. The monoisotopic (exact) mass is 256 g/mol. The van der Waals surface area contributed by atoms with Gasteiger partial charge in [0.25, 0.3) is 15.2 Å². The molecule has 0 spiro atoms. The largest absolute Gasteiger partial charge is 0.316 e. The third-order valence-electron chi connectivity index (χ3n) is 2.74. The van der Waals surface area contributed by atoms with Gasteiger partial charge in [0.15, 0.2) is 0 Å². The van der Waals surface area contributed by atoms with Gasteiger partial charge in [0, 0.05) is 18.9 Å². The van der Waals surface area contributed by atoms with Crippen molar-refractivity contribution in [2.45, 2.75) is 18.0 Å². The van der Waals surface area contributed by atoms with E-state index in [1.54, 1.807) is 6.07 Å². The first-order valence-electron chi connectivity index (χ1n) is 5.66. The van der Waals surface area contributed by atoms with E-state index < -0.39 is 10.0 Å². The van der Waals surface area contributed by atoms with E-state index in [1.807, 2.05) is 0 Å². The van der Waals surface area contributed by atoms with Crippen LogP contribution < -0.4 is 10.0 Å². The Bertz CT molecular complexity index is 443. The molecule has 1 aromatic heterocycles. The fourth-order valence-electron chi connectivity index (χ4n) is 1.81. The fourth-order valence-corrected chi connectivity index (χ4v) is 2.80.